The summed E-state index contributed by atoms with van der Waals surface area (Å²) < 4.78 is 0.979. The van der Waals surface area contributed by atoms with Crippen molar-refractivity contribution < 1.29 is 0 Å². The van der Waals surface area contributed by atoms with Crippen LogP contribution in [0.2, 0.25) is 5.02 Å². The molecule has 0 spiro atoms. The number of hydrogen-bond donors (Lipinski definition) is 1. The number of fused-ring (bicyclic) bond motifs is 2. The fraction of sp³-hybridized carbons (Fsp3) is 0.625. The van der Waals surface area contributed by atoms with E-state index in [1.165, 1.54) is 37.7 Å². The van der Waals surface area contributed by atoms with Crippen molar-refractivity contribution in [2.24, 2.45) is 17.8 Å². The van der Waals surface area contributed by atoms with E-state index in [9.17, 15) is 0 Å². The van der Waals surface area contributed by atoms with Crippen LogP contribution in [0.3, 0.4) is 0 Å². The number of hydrogen-bond acceptors (Lipinski definition) is 1. The average Bonchev–Trinajstić information content (AvgIpc) is 3.01. The first-order valence-electron chi connectivity index (χ1n) is 7.29. The molecule has 1 aromatic carbocycles. The molecule has 3 rings (SSSR count). The summed E-state index contributed by atoms with van der Waals surface area (Å²) in [4.78, 5) is 0. The normalized spacial score (nSPS) is 30.8. The Kier molecular flexibility index (Phi) is 4.21. The summed E-state index contributed by atoms with van der Waals surface area (Å²) >= 11 is 9.68. The van der Waals surface area contributed by atoms with Crippen LogP contribution in [-0.4, -0.2) is 7.05 Å². The molecule has 2 aliphatic carbocycles. The Morgan fingerprint density at radius 3 is 2.79 bits per heavy atom. The van der Waals surface area contributed by atoms with E-state index in [2.05, 4.69) is 46.5 Å². The molecule has 0 aliphatic heterocycles. The first kappa shape index (κ1) is 13.9. The zero-order valence-corrected chi connectivity index (χ0v) is 13.7. The SMILES string of the molecule is CNC(CC1CC2CCC1C2)c1ccc(Br)c(Cl)c1. The predicted octanol–water partition coefficient (Wildman–Crippen LogP) is 5.19. The number of benzene rings is 1. The lowest BCUT2D eigenvalue weighted by Gasteiger charge is -2.27. The lowest BCUT2D eigenvalue weighted by Crippen LogP contribution is -2.22. The third-order valence-electron chi connectivity index (χ3n) is 5.12. The molecule has 0 heterocycles. The van der Waals surface area contributed by atoms with Crippen LogP contribution in [0.4, 0.5) is 0 Å². The minimum atomic E-state index is 0.440. The highest BCUT2D eigenvalue weighted by Gasteiger charge is 2.40. The monoisotopic (exact) mass is 341 g/mol. The summed E-state index contributed by atoms with van der Waals surface area (Å²) in [5.74, 6) is 2.94. The van der Waals surface area contributed by atoms with E-state index in [0.29, 0.717) is 6.04 Å². The van der Waals surface area contributed by atoms with Crippen molar-refractivity contribution in [1.82, 2.24) is 5.32 Å². The Bertz CT molecular complexity index is 462. The van der Waals surface area contributed by atoms with E-state index in [1.54, 1.807) is 0 Å². The summed E-state index contributed by atoms with van der Waals surface area (Å²) in [6, 6.07) is 6.78. The van der Waals surface area contributed by atoms with Gasteiger partial charge in [0.1, 0.15) is 0 Å². The highest BCUT2D eigenvalue weighted by atomic mass is 79.9. The van der Waals surface area contributed by atoms with Crippen molar-refractivity contribution in [2.45, 2.75) is 38.1 Å². The molecule has 3 heteroatoms. The summed E-state index contributed by atoms with van der Waals surface area (Å²) in [5.41, 5.74) is 1.32. The topological polar surface area (TPSA) is 12.0 Å². The van der Waals surface area contributed by atoms with Gasteiger partial charge in [0.2, 0.25) is 0 Å². The summed E-state index contributed by atoms with van der Waals surface area (Å²) in [6.07, 6.45) is 7.15. The molecule has 19 heavy (non-hydrogen) atoms. The van der Waals surface area contributed by atoms with Crippen LogP contribution < -0.4 is 5.32 Å². The van der Waals surface area contributed by atoms with Crippen molar-refractivity contribution in [2.75, 3.05) is 7.05 Å². The van der Waals surface area contributed by atoms with Crippen LogP contribution in [0.5, 0.6) is 0 Å². The summed E-state index contributed by atoms with van der Waals surface area (Å²) in [5, 5.41) is 4.29. The Hall–Kier alpha value is -0.0500. The molecule has 0 aromatic heterocycles. The van der Waals surface area contributed by atoms with Crippen molar-refractivity contribution in [3.63, 3.8) is 0 Å². The predicted molar refractivity (Wildman–Crippen MR) is 84.5 cm³/mol. The van der Waals surface area contributed by atoms with E-state index in [0.717, 1.165) is 27.2 Å². The Balaban J connectivity index is 1.71. The van der Waals surface area contributed by atoms with Gasteiger partial charge in [0.25, 0.3) is 0 Å². The lowest BCUT2D eigenvalue weighted by molar-refractivity contribution is 0.284. The fourth-order valence-corrected chi connectivity index (χ4v) is 4.55. The van der Waals surface area contributed by atoms with E-state index in [4.69, 9.17) is 11.6 Å². The van der Waals surface area contributed by atoms with Gasteiger partial charge < -0.3 is 5.32 Å². The maximum Gasteiger partial charge on any atom is 0.0551 e. The highest BCUT2D eigenvalue weighted by Crippen LogP contribution is 2.51. The molecule has 2 saturated carbocycles. The molecule has 1 nitrogen and oxygen atoms in total. The van der Waals surface area contributed by atoms with Crippen LogP contribution in [0.25, 0.3) is 0 Å². The third-order valence-corrected chi connectivity index (χ3v) is 6.35. The molecule has 2 aliphatic rings. The largest absolute Gasteiger partial charge is 0.313 e. The van der Waals surface area contributed by atoms with Gasteiger partial charge in [-0.25, -0.2) is 0 Å². The van der Waals surface area contributed by atoms with Gasteiger partial charge in [-0.2, -0.15) is 0 Å². The van der Waals surface area contributed by atoms with Gasteiger partial charge in [-0.1, -0.05) is 24.1 Å². The van der Waals surface area contributed by atoms with Crippen LogP contribution >= 0.6 is 27.5 Å². The van der Waals surface area contributed by atoms with Gasteiger partial charge in [-0.05, 0) is 84.1 Å². The minimum absolute atomic E-state index is 0.440. The first-order valence-corrected chi connectivity index (χ1v) is 8.46. The molecular weight excluding hydrogens is 322 g/mol. The van der Waals surface area contributed by atoms with Crippen LogP contribution in [0.1, 0.15) is 43.7 Å². The van der Waals surface area contributed by atoms with Gasteiger partial charge in [0, 0.05) is 10.5 Å². The molecule has 1 aromatic rings. The smallest absolute Gasteiger partial charge is 0.0551 e. The van der Waals surface area contributed by atoms with Gasteiger partial charge >= 0.3 is 0 Å². The van der Waals surface area contributed by atoms with E-state index >= 15 is 0 Å². The summed E-state index contributed by atoms with van der Waals surface area (Å²) in [6.45, 7) is 0. The van der Waals surface area contributed by atoms with Gasteiger partial charge in [0.15, 0.2) is 0 Å². The first-order chi connectivity index (χ1) is 9.17. The second kappa shape index (κ2) is 5.75. The second-order valence-corrected chi connectivity index (χ2v) is 7.45. The molecule has 4 atom stereocenters. The fourth-order valence-electron chi connectivity index (χ4n) is 4.12. The quantitative estimate of drug-likeness (QED) is 0.794. The van der Waals surface area contributed by atoms with Gasteiger partial charge in [-0.15, -0.1) is 0 Å². The molecule has 0 amide bonds. The molecule has 0 saturated heterocycles. The van der Waals surface area contributed by atoms with Crippen molar-refractivity contribution in [3.8, 4) is 0 Å². The Morgan fingerprint density at radius 1 is 1.37 bits per heavy atom. The minimum Gasteiger partial charge on any atom is -0.313 e. The number of nitrogens with one attached hydrogen (secondary N) is 1. The van der Waals surface area contributed by atoms with Crippen molar-refractivity contribution in [1.29, 1.82) is 0 Å². The van der Waals surface area contributed by atoms with E-state index in [-0.39, 0.29) is 0 Å². The average molecular weight is 343 g/mol. The van der Waals surface area contributed by atoms with Gasteiger partial charge in [-0.3, -0.25) is 0 Å². The van der Waals surface area contributed by atoms with Crippen LogP contribution in [0, 0.1) is 17.8 Å². The van der Waals surface area contributed by atoms with Crippen molar-refractivity contribution >= 4 is 27.5 Å². The zero-order valence-electron chi connectivity index (χ0n) is 11.3. The van der Waals surface area contributed by atoms with Gasteiger partial charge in [0.05, 0.1) is 5.02 Å². The lowest BCUT2D eigenvalue weighted by atomic mass is 9.83. The zero-order chi connectivity index (χ0) is 13.4. The number of halogens is 2. The third kappa shape index (κ3) is 2.86. The Morgan fingerprint density at radius 2 is 2.21 bits per heavy atom. The maximum absolute atomic E-state index is 6.22. The maximum atomic E-state index is 6.22. The van der Waals surface area contributed by atoms with Crippen LogP contribution in [0.15, 0.2) is 22.7 Å². The molecule has 0 radical (unpaired) electrons. The molecule has 104 valence electrons. The van der Waals surface area contributed by atoms with E-state index < -0.39 is 0 Å². The number of rotatable bonds is 4. The van der Waals surface area contributed by atoms with Crippen LogP contribution in [-0.2, 0) is 0 Å². The molecule has 1 N–H and O–H groups in total. The molecule has 2 fully saturated rings. The molecular formula is C16H21BrClN. The molecule has 4 unspecified atom stereocenters. The molecule has 2 bridgehead atoms. The van der Waals surface area contributed by atoms with E-state index in [1.807, 2.05) is 0 Å². The summed E-state index contributed by atoms with van der Waals surface area (Å²) in [7, 11) is 2.06. The highest BCUT2D eigenvalue weighted by molar-refractivity contribution is 9.10. The standard InChI is InChI=1S/C16H21BrClN/c1-19-16(12-4-5-14(17)15(18)8-12)9-13-7-10-2-3-11(13)6-10/h4-5,8,10-11,13,16,19H,2-3,6-7,9H2,1H3. The second-order valence-electron chi connectivity index (χ2n) is 6.19. The Labute approximate surface area is 129 Å². The van der Waals surface area contributed by atoms with Crippen molar-refractivity contribution in [3.05, 3.63) is 33.3 Å².